The molecule has 1 N–H and O–H groups in total. The molecule has 104 valence electrons. The zero-order valence-electron chi connectivity index (χ0n) is 11.5. The van der Waals surface area contributed by atoms with Gasteiger partial charge in [-0.3, -0.25) is 0 Å². The Morgan fingerprint density at radius 3 is 2.85 bits per heavy atom. The highest BCUT2D eigenvalue weighted by atomic mass is 19.1. The lowest BCUT2D eigenvalue weighted by molar-refractivity contribution is 0.387. The number of nitrogens with one attached hydrogen (secondary N) is 1. The predicted molar refractivity (Wildman–Crippen MR) is 75.5 cm³/mol. The number of hydrogen-bond donors (Lipinski definition) is 1. The van der Waals surface area contributed by atoms with Gasteiger partial charge in [0.25, 0.3) is 0 Å². The zero-order chi connectivity index (χ0) is 14.1. The molecular weight excluding hydrogens is 257 g/mol. The van der Waals surface area contributed by atoms with E-state index in [1.165, 1.54) is 18.7 Å². The Morgan fingerprint density at radius 1 is 1.25 bits per heavy atom. The Kier molecular flexibility index (Phi) is 3.26. The molecule has 2 aromatic rings. The lowest BCUT2D eigenvalue weighted by Crippen LogP contribution is -2.03. The fourth-order valence-corrected chi connectivity index (χ4v) is 2.57. The van der Waals surface area contributed by atoms with E-state index >= 15 is 0 Å². The molecule has 4 nitrogen and oxygen atoms in total. The summed E-state index contributed by atoms with van der Waals surface area (Å²) in [6.45, 7) is 0. The van der Waals surface area contributed by atoms with Crippen LogP contribution in [0.1, 0.15) is 17.7 Å². The van der Waals surface area contributed by atoms with Crippen LogP contribution in [-0.2, 0) is 12.8 Å². The van der Waals surface area contributed by atoms with Gasteiger partial charge in [0.05, 0.1) is 7.11 Å². The lowest BCUT2D eigenvalue weighted by atomic mass is 10.1. The smallest absolute Gasteiger partial charge is 0.165 e. The molecule has 1 aromatic carbocycles. The molecule has 20 heavy (non-hydrogen) atoms. The highest BCUT2D eigenvalue weighted by Crippen LogP contribution is 2.30. The first-order chi connectivity index (χ1) is 9.72. The van der Waals surface area contributed by atoms with Crippen molar-refractivity contribution in [2.45, 2.75) is 19.3 Å². The van der Waals surface area contributed by atoms with Crippen molar-refractivity contribution in [3.63, 3.8) is 0 Å². The third-order valence-corrected chi connectivity index (χ3v) is 3.58. The van der Waals surface area contributed by atoms with E-state index < -0.39 is 0 Å². The van der Waals surface area contributed by atoms with Crippen LogP contribution in [0.15, 0.2) is 18.2 Å². The molecule has 3 rings (SSSR count). The first-order valence-corrected chi connectivity index (χ1v) is 6.64. The minimum Gasteiger partial charge on any atom is -0.494 e. The van der Waals surface area contributed by atoms with E-state index in [1.807, 2.05) is 7.05 Å². The maximum atomic E-state index is 13.5. The van der Waals surface area contributed by atoms with E-state index in [4.69, 9.17) is 4.74 Å². The van der Waals surface area contributed by atoms with E-state index in [-0.39, 0.29) is 11.6 Å². The van der Waals surface area contributed by atoms with Crippen LogP contribution >= 0.6 is 0 Å². The monoisotopic (exact) mass is 273 g/mol. The van der Waals surface area contributed by atoms with Gasteiger partial charge in [0.15, 0.2) is 17.4 Å². The van der Waals surface area contributed by atoms with Crippen LogP contribution in [0, 0.1) is 5.82 Å². The average molecular weight is 273 g/mol. The maximum Gasteiger partial charge on any atom is 0.165 e. The van der Waals surface area contributed by atoms with Crippen LogP contribution in [0.25, 0.3) is 11.4 Å². The summed E-state index contributed by atoms with van der Waals surface area (Å²) in [7, 11) is 3.31. The summed E-state index contributed by atoms with van der Waals surface area (Å²) in [5, 5.41) is 3.12. The molecule has 0 aliphatic heterocycles. The van der Waals surface area contributed by atoms with Crippen molar-refractivity contribution in [3.05, 3.63) is 35.3 Å². The Morgan fingerprint density at radius 2 is 2.10 bits per heavy atom. The van der Waals surface area contributed by atoms with Crippen LogP contribution in [0.3, 0.4) is 0 Å². The van der Waals surface area contributed by atoms with E-state index in [1.54, 1.807) is 12.1 Å². The molecule has 1 aliphatic rings. The number of rotatable bonds is 3. The van der Waals surface area contributed by atoms with Gasteiger partial charge in [0.2, 0.25) is 0 Å². The quantitative estimate of drug-likeness (QED) is 0.934. The molecular formula is C15H16FN3O. The highest BCUT2D eigenvalue weighted by molar-refractivity contribution is 5.62. The molecule has 0 radical (unpaired) electrons. The van der Waals surface area contributed by atoms with Crippen molar-refractivity contribution >= 4 is 5.82 Å². The molecule has 0 saturated carbocycles. The molecule has 1 aromatic heterocycles. The minimum absolute atomic E-state index is 0.206. The van der Waals surface area contributed by atoms with Crippen molar-refractivity contribution in [2.24, 2.45) is 0 Å². The number of benzene rings is 1. The fraction of sp³-hybridized carbons (Fsp3) is 0.333. The Bertz CT molecular complexity index is 658. The van der Waals surface area contributed by atoms with Gasteiger partial charge in [0, 0.05) is 23.9 Å². The van der Waals surface area contributed by atoms with Gasteiger partial charge < -0.3 is 10.1 Å². The minimum atomic E-state index is -0.383. The number of halogens is 1. The average Bonchev–Trinajstić information content (AvgIpc) is 2.95. The Balaban J connectivity index is 2.10. The topological polar surface area (TPSA) is 47.0 Å². The Labute approximate surface area is 117 Å². The molecule has 0 fully saturated rings. The van der Waals surface area contributed by atoms with E-state index in [2.05, 4.69) is 15.3 Å². The van der Waals surface area contributed by atoms with Crippen molar-refractivity contribution in [1.29, 1.82) is 0 Å². The number of methoxy groups -OCH3 is 1. The molecule has 0 atom stereocenters. The summed E-state index contributed by atoms with van der Waals surface area (Å²) < 4.78 is 18.5. The number of aryl methyl sites for hydroxylation is 1. The van der Waals surface area contributed by atoms with E-state index in [9.17, 15) is 4.39 Å². The standard InChI is InChI=1S/C15H16FN3O/c1-17-15-10-4-3-5-12(10)18-14(19-15)9-6-7-11(16)13(8-9)20-2/h6-8H,3-5H2,1-2H3,(H,17,18,19). The van der Waals surface area contributed by atoms with Gasteiger partial charge in [-0.2, -0.15) is 0 Å². The highest BCUT2D eigenvalue weighted by Gasteiger charge is 2.19. The number of ether oxygens (including phenoxy) is 1. The van der Waals surface area contributed by atoms with Crippen LogP contribution in [0.4, 0.5) is 10.2 Å². The molecule has 0 unspecified atom stereocenters. The van der Waals surface area contributed by atoms with Crippen LogP contribution in [0.5, 0.6) is 5.75 Å². The van der Waals surface area contributed by atoms with Crippen molar-refractivity contribution < 1.29 is 9.13 Å². The summed E-state index contributed by atoms with van der Waals surface area (Å²) in [5.74, 6) is 1.29. The summed E-state index contributed by atoms with van der Waals surface area (Å²) >= 11 is 0. The number of aromatic nitrogens is 2. The Hall–Kier alpha value is -2.17. The van der Waals surface area contributed by atoms with E-state index in [0.717, 1.165) is 36.3 Å². The number of hydrogen-bond acceptors (Lipinski definition) is 4. The van der Waals surface area contributed by atoms with Gasteiger partial charge in [-0.05, 0) is 37.5 Å². The predicted octanol–water partition coefficient (Wildman–Crippen LogP) is 2.82. The molecule has 0 amide bonds. The first-order valence-electron chi connectivity index (χ1n) is 6.64. The van der Waals surface area contributed by atoms with Gasteiger partial charge in [-0.25, -0.2) is 14.4 Å². The first kappa shape index (κ1) is 12.8. The fourth-order valence-electron chi connectivity index (χ4n) is 2.57. The second kappa shape index (κ2) is 5.07. The molecule has 0 bridgehead atoms. The normalized spacial score (nSPS) is 13.2. The van der Waals surface area contributed by atoms with Crippen molar-refractivity contribution in [3.8, 4) is 17.1 Å². The largest absolute Gasteiger partial charge is 0.494 e. The third kappa shape index (κ3) is 2.09. The van der Waals surface area contributed by atoms with Gasteiger partial charge in [0.1, 0.15) is 5.82 Å². The van der Waals surface area contributed by atoms with Crippen molar-refractivity contribution in [2.75, 3.05) is 19.5 Å². The van der Waals surface area contributed by atoms with Gasteiger partial charge in [-0.1, -0.05) is 0 Å². The van der Waals surface area contributed by atoms with Crippen molar-refractivity contribution in [1.82, 2.24) is 9.97 Å². The SMILES string of the molecule is CNc1nc(-c2ccc(F)c(OC)c2)nc2c1CCC2. The summed E-state index contributed by atoms with van der Waals surface area (Å²) in [6, 6.07) is 4.68. The molecule has 0 saturated heterocycles. The zero-order valence-corrected chi connectivity index (χ0v) is 11.5. The number of fused-ring (bicyclic) bond motifs is 1. The maximum absolute atomic E-state index is 13.5. The second-order valence-electron chi connectivity index (χ2n) is 4.77. The van der Waals surface area contributed by atoms with Gasteiger partial charge in [-0.15, -0.1) is 0 Å². The van der Waals surface area contributed by atoms with Crippen LogP contribution in [0.2, 0.25) is 0 Å². The summed E-state index contributed by atoms with van der Waals surface area (Å²) in [4.78, 5) is 9.15. The second-order valence-corrected chi connectivity index (χ2v) is 4.77. The molecule has 0 spiro atoms. The number of nitrogens with zero attached hydrogens (tertiary/aromatic N) is 2. The molecule has 5 heteroatoms. The van der Waals surface area contributed by atoms with Gasteiger partial charge >= 0.3 is 0 Å². The third-order valence-electron chi connectivity index (χ3n) is 3.58. The lowest BCUT2D eigenvalue weighted by Gasteiger charge is -2.10. The summed E-state index contributed by atoms with van der Waals surface area (Å²) in [5.41, 5.74) is 3.04. The molecule has 1 heterocycles. The summed E-state index contributed by atoms with van der Waals surface area (Å²) in [6.07, 6.45) is 3.09. The van der Waals surface area contributed by atoms with E-state index in [0.29, 0.717) is 5.82 Å². The molecule has 1 aliphatic carbocycles. The number of anilines is 1. The van der Waals surface area contributed by atoms with Crippen LogP contribution < -0.4 is 10.1 Å². The van der Waals surface area contributed by atoms with Crippen LogP contribution in [-0.4, -0.2) is 24.1 Å².